The first kappa shape index (κ1) is 23.8. The van der Waals surface area contributed by atoms with E-state index in [1.807, 2.05) is 0 Å². The van der Waals surface area contributed by atoms with Gasteiger partial charge in [-0.1, -0.05) is 13.8 Å². The summed E-state index contributed by atoms with van der Waals surface area (Å²) < 4.78 is 0. The van der Waals surface area contributed by atoms with Crippen LogP contribution in [-0.2, 0) is 0 Å². The van der Waals surface area contributed by atoms with Crippen LogP contribution in [0.3, 0.4) is 0 Å². The predicted molar refractivity (Wildman–Crippen MR) is 121 cm³/mol. The normalized spacial score (nSPS) is 49.9. The molecule has 2 nitrogen and oxygen atoms in total. The van der Waals surface area contributed by atoms with Crippen molar-refractivity contribution in [3.8, 4) is 0 Å². The number of nitrogens with zero attached hydrogens (tertiary/aromatic N) is 1. The minimum absolute atomic E-state index is 0. The van der Waals surface area contributed by atoms with E-state index in [1.54, 1.807) is 0 Å². The van der Waals surface area contributed by atoms with Crippen LogP contribution in [0.1, 0.15) is 78.6 Å². The maximum Gasteiger partial charge on any atom is 0.00944 e. The van der Waals surface area contributed by atoms with Gasteiger partial charge in [0.2, 0.25) is 0 Å². The van der Waals surface area contributed by atoms with Gasteiger partial charge in [0.15, 0.2) is 0 Å². The van der Waals surface area contributed by atoms with E-state index in [0.29, 0.717) is 16.9 Å². The van der Waals surface area contributed by atoms with Crippen LogP contribution in [0, 0.1) is 40.4 Å². The van der Waals surface area contributed by atoms with Gasteiger partial charge in [-0.25, -0.2) is 0 Å². The third kappa shape index (κ3) is 3.60. The average molecular weight is 420 g/mol. The highest BCUT2D eigenvalue weighted by atomic mass is 35.5. The fourth-order valence-corrected chi connectivity index (χ4v) is 8.48. The van der Waals surface area contributed by atoms with Gasteiger partial charge in [-0.3, -0.25) is 0 Å². The minimum atomic E-state index is 0. The Hall–Kier alpha value is 0.500. The fraction of sp³-hybridized carbons (Fsp3) is 1.00. The lowest BCUT2D eigenvalue weighted by atomic mass is 9.44. The van der Waals surface area contributed by atoms with Gasteiger partial charge in [-0.15, -0.1) is 24.8 Å². The molecule has 2 N–H and O–H groups in total. The van der Waals surface area contributed by atoms with Gasteiger partial charge in [0.1, 0.15) is 0 Å². The molecule has 1 unspecified atom stereocenters. The van der Waals surface area contributed by atoms with E-state index in [9.17, 15) is 0 Å². The smallest absolute Gasteiger partial charge is 0.00944 e. The second-order valence-corrected chi connectivity index (χ2v) is 11.1. The summed E-state index contributed by atoms with van der Waals surface area (Å²) in [6, 6.07) is 1.21. The van der Waals surface area contributed by atoms with E-state index >= 15 is 0 Å². The number of hydrogen-bond donors (Lipinski definition) is 1. The van der Waals surface area contributed by atoms with Crippen molar-refractivity contribution < 1.29 is 0 Å². The summed E-state index contributed by atoms with van der Waals surface area (Å²) in [5.74, 6) is 4.81. The molecule has 4 saturated carbocycles. The third-order valence-electron chi connectivity index (χ3n) is 10.2. The molecule has 4 fully saturated rings. The van der Waals surface area contributed by atoms with Gasteiger partial charge in [-0.2, -0.15) is 0 Å². The summed E-state index contributed by atoms with van der Waals surface area (Å²) in [7, 11) is 4.56. The molecule has 4 aliphatic rings. The molecule has 4 heteroatoms. The van der Waals surface area contributed by atoms with Crippen molar-refractivity contribution in [1.29, 1.82) is 0 Å². The number of nitrogens with two attached hydrogens (primary N) is 1. The third-order valence-corrected chi connectivity index (χ3v) is 10.2. The minimum Gasteiger partial charge on any atom is -0.328 e. The Labute approximate surface area is 180 Å². The first-order valence-electron chi connectivity index (χ1n) is 11.2. The van der Waals surface area contributed by atoms with Crippen LogP contribution in [0.4, 0.5) is 0 Å². The van der Waals surface area contributed by atoms with Crippen LogP contribution in [0.5, 0.6) is 0 Å². The second kappa shape index (κ2) is 8.32. The fourth-order valence-electron chi connectivity index (χ4n) is 8.48. The molecule has 0 aliphatic heterocycles. The monoisotopic (exact) mass is 418 g/mol. The molecule has 0 aromatic carbocycles. The number of rotatable bonds is 2. The Morgan fingerprint density at radius 1 is 0.852 bits per heavy atom. The molecule has 4 aliphatic carbocycles. The zero-order chi connectivity index (χ0) is 18.0. The molecule has 0 spiro atoms. The van der Waals surface area contributed by atoms with Gasteiger partial charge in [0.05, 0.1) is 0 Å². The van der Waals surface area contributed by atoms with E-state index in [0.717, 1.165) is 35.6 Å². The van der Waals surface area contributed by atoms with Crippen molar-refractivity contribution in [1.82, 2.24) is 4.90 Å². The van der Waals surface area contributed by atoms with E-state index in [-0.39, 0.29) is 24.8 Å². The zero-order valence-corrected chi connectivity index (χ0v) is 19.9. The Morgan fingerprint density at radius 2 is 1.48 bits per heavy atom. The Kier molecular flexibility index (Phi) is 7.33. The SMILES string of the molecule is CC([C@H]1CC[C@H]2[C@@H]3CC[C@H]4C[C@@H](N)CC[C@]4(C)[C@H]3CC[C@]12C)N(C)C.Cl.Cl. The van der Waals surface area contributed by atoms with Gasteiger partial charge in [0, 0.05) is 12.1 Å². The van der Waals surface area contributed by atoms with Crippen LogP contribution in [0.15, 0.2) is 0 Å². The van der Waals surface area contributed by atoms with Gasteiger partial charge in [0.25, 0.3) is 0 Å². The molecule has 0 bridgehead atoms. The topological polar surface area (TPSA) is 29.3 Å². The lowest BCUT2D eigenvalue weighted by molar-refractivity contribution is -0.116. The highest BCUT2D eigenvalue weighted by Gasteiger charge is 2.60. The molecule has 0 heterocycles. The van der Waals surface area contributed by atoms with Crippen molar-refractivity contribution in [3.05, 3.63) is 0 Å². The highest BCUT2D eigenvalue weighted by Crippen LogP contribution is 2.67. The summed E-state index contributed by atoms with van der Waals surface area (Å²) >= 11 is 0. The molecular weight excluding hydrogens is 375 g/mol. The average Bonchev–Trinajstić information content (AvgIpc) is 2.92. The first-order valence-corrected chi connectivity index (χ1v) is 11.2. The molecule has 0 saturated heterocycles. The summed E-state index contributed by atoms with van der Waals surface area (Å²) in [5, 5.41) is 0. The molecule has 0 amide bonds. The lowest BCUT2D eigenvalue weighted by Gasteiger charge is -2.61. The van der Waals surface area contributed by atoms with Crippen LogP contribution < -0.4 is 5.73 Å². The predicted octanol–water partition coefficient (Wildman–Crippen LogP) is 5.77. The standard InChI is InChI=1S/C23H42N2.2ClH/c1-15(25(4)5)19-8-9-20-18-7-6-16-14-17(24)10-12-22(16,2)21(18)11-13-23(19,20)3;;/h15-21H,6-14,24H2,1-5H3;2*1H/t15?,16-,17-,18-,19+,20-,21-,22-,23+;;/m0../s1. The second-order valence-electron chi connectivity index (χ2n) is 11.1. The summed E-state index contributed by atoms with van der Waals surface area (Å²) in [4.78, 5) is 2.48. The van der Waals surface area contributed by atoms with E-state index < -0.39 is 0 Å². The molecule has 160 valence electrons. The number of fused-ring (bicyclic) bond motifs is 5. The maximum atomic E-state index is 6.35. The summed E-state index contributed by atoms with van der Waals surface area (Å²) in [6.07, 6.45) is 12.9. The number of halogens is 2. The van der Waals surface area contributed by atoms with Crippen molar-refractivity contribution in [2.45, 2.75) is 90.6 Å². The van der Waals surface area contributed by atoms with Crippen molar-refractivity contribution in [2.75, 3.05) is 14.1 Å². The number of hydrogen-bond acceptors (Lipinski definition) is 2. The molecule has 9 atom stereocenters. The van der Waals surface area contributed by atoms with E-state index in [2.05, 4.69) is 39.8 Å². The first-order chi connectivity index (χ1) is 11.8. The highest BCUT2D eigenvalue weighted by molar-refractivity contribution is 5.85. The van der Waals surface area contributed by atoms with Crippen molar-refractivity contribution in [3.63, 3.8) is 0 Å². The van der Waals surface area contributed by atoms with Gasteiger partial charge in [-0.05, 0) is 119 Å². The molecule has 0 radical (unpaired) electrons. The Bertz CT molecular complexity index is 513. The van der Waals surface area contributed by atoms with E-state index in [1.165, 1.54) is 57.8 Å². The van der Waals surface area contributed by atoms with Gasteiger partial charge >= 0.3 is 0 Å². The molecule has 0 aromatic rings. The zero-order valence-electron chi connectivity index (χ0n) is 18.2. The van der Waals surface area contributed by atoms with Crippen molar-refractivity contribution >= 4 is 24.8 Å². The largest absolute Gasteiger partial charge is 0.328 e. The molecule has 27 heavy (non-hydrogen) atoms. The van der Waals surface area contributed by atoms with Crippen LogP contribution in [0.25, 0.3) is 0 Å². The summed E-state index contributed by atoms with van der Waals surface area (Å²) in [5.41, 5.74) is 7.55. The lowest BCUT2D eigenvalue weighted by Crippen LogP contribution is -2.55. The van der Waals surface area contributed by atoms with Crippen LogP contribution >= 0.6 is 24.8 Å². The molecular formula is C23H44Cl2N2. The molecule has 0 aromatic heterocycles. The Morgan fingerprint density at radius 3 is 2.15 bits per heavy atom. The van der Waals surface area contributed by atoms with Crippen molar-refractivity contribution in [2.24, 2.45) is 46.2 Å². The quantitative estimate of drug-likeness (QED) is 0.616. The van der Waals surface area contributed by atoms with Gasteiger partial charge < -0.3 is 10.6 Å². The summed E-state index contributed by atoms with van der Waals surface area (Å²) in [6.45, 7) is 7.82. The Balaban J connectivity index is 0.00000131. The molecule has 4 rings (SSSR count). The van der Waals surface area contributed by atoms with Crippen LogP contribution in [0.2, 0.25) is 0 Å². The maximum absolute atomic E-state index is 6.35. The van der Waals surface area contributed by atoms with Crippen LogP contribution in [-0.4, -0.2) is 31.1 Å². The van der Waals surface area contributed by atoms with E-state index in [4.69, 9.17) is 5.73 Å².